The van der Waals surface area contributed by atoms with Gasteiger partial charge >= 0.3 is 5.97 Å². The van der Waals surface area contributed by atoms with Crippen molar-refractivity contribution in [3.8, 4) is 11.1 Å². The second kappa shape index (κ2) is 4.60. The summed E-state index contributed by atoms with van der Waals surface area (Å²) in [7, 11) is 0. The number of rotatable bonds is 2. The van der Waals surface area contributed by atoms with Crippen LogP contribution in [0.1, 0.15) is 15.9 Å². The minimum absolute atomic E-state index is 0.263. The number of aryl methyl sites for hydroxylation is 1. The normalized spacial score (nSPS) is 10.2. The Morgan fingerprint density at radius 3 is 2.59 bits per heavy atom. The van der Waals surface area contributed by atoms with E-state index in [-0.39, 0.29) is 5.56 Å². The van der Waals surface area contributed by atoms with E-state index in [2.05, 4.69) is 0 Å². The van der Waals surface area contributed by atoms with E-state index in [9.17, 15) is 4.79 Å². The van der Waals surface area contributed by atoms with E-state index in [0.29, 0.717) is 5.02 Å². The van der Waals surface area contributed by atoms with E-state index in [1.54, 1.807) is 18.2 Å². The predicted molar refractivity (Wildman–Crippen MR) is 68.6 cm³/mol. The molecular formula is C14H11ClO2. The van der Waals surface area contributed by atoms with Crippen LogP contribution in [0.2, 0.25) is 5.02 Å². The Morgan fingerprint density at radius 1 is 1.18 bits per heavy atom. The average Bonchev–Trinajstić information content (AvgIpc) is 2.29. The molecule has 17 heavy (non-hydrogen) atoms. The molecule has 0 saturated heterocycles. The Hall–Kier alpha value is -1.80. The van der Waals surface area contributed by atoms with Gasteiger partial charge in [0.15, 0.2) is 0 Å². The molecule has 0 unspecified atom stereocenters. The minimum atomic E-state index is -0.935. The molecule has 2 rings (SSSR count). The van der Waals surface area contributed by atoms with Gasteiger partial charge in [0.1, 0.15) is 0 Å². The maximum Gasteiger partial charge on any atom is 0.335 e. The van der Waals surface area contributed by atoms with Crippen LogP contribution in [0.25, 0.3) is 11.1 Å². The fraction of sp³-hybridized carbons (Fsp3) is 0.0714. The number of carboxylic acid groups (broad SMARTS) is 1. The molecule has 2 nitrogen and oxygen atoms in total. The van der Waals surface area contributed by atoms with Crippen LogP contribution in [0.5, 0.6) is 0 Å². The molecule has 0 radical (unpaired) electrons. The van der Waals surface area contributed by atoms with E-state index in [0.717, 1.165) is 16.7 Å². The Bertz CT molecular complexity index is 576. The van der Waals surface area contributed by atoms with Crippen molar-refractivity contribution in [1.82, 2.24) is 0 Å². The Labute approximate surface area is 104 Å². The lowest BCUT2D eigenvalue weighted by atomic mass is 10.0. The maximum absolute atomic E-state index is 10.9. The van der Waals surface area contributed by atoms with Gasteiger partial charge in [0.25, 0.3) is 0 Å². The summed E-state index contributed by atoms with van der Waals surface area (Å²) in [4.78, 5) is 10.9. The molecule has 3 heteroatoms. The third-order valence-corrected chi connectivity index (χ3v) is 2.86. The molecule has 2 aromatic rings. The zero-order valence-electron chi connectivity index (χ0n) is 9.27. The molecule has 0 fully saturated rings. The lowest BCUT2D eigenvalue weighted by molar-refractivity contribution is 0.0697. The highest BCUT2D eigenvalue weighted by atomic mass is 35.5. The van der Waals surface area contributed by atoms with E-state index in [1.165, 1.54) is 0 Å². The van der Waals surface area contributed by atoms with Gasteiger partial charge in [0, 0.05) is 10.6 Å². The summed E-state index contributed by atoms with van der Waals surface area (Å²) in [5.74, 6) is -0.935. The van der Waals surface area contributed by atoms with Crippen molar-refractivity contribution in [2.24, 2.45) is 0 Å². The van der Waals surface area contributed by atoms with Crippen LogP contribution in [0.15, 0.2) is 42.5 Å². The summed E-state index contributed by atoms with van der Waals surface area (Å²) >= 11 is 6.15. The maximum atomic E-state index is 10.9. The number of halogens is 1. The smallest absolute Gasteiger partial charge is 0.335 e. The van der Waals surface area contributed by atoms with Crippen molar-refractivity contribution >= 4 is 17.6 Å². The zero-order chi connectivity index (χ0) is 12.4. The molecule has 0 aliphatic carbocycles. The Morgan fingerprint density at radius 2 is 1.94 bits per heavy atom. The highest BCUT2D eigenvalue weighted by molar-refractivity contribution is 6.33. The van der Waals surface area contributed by atoms with Crippen LogP contribution in [0.4, 0.5) is 0 Å². The molecule has 0 aliphatic heterocycles. The highest BCUT2D eigenvalue weighted by Crippen LogP contribution is 2.29. The molecule has 0 saturated carbocycles. The van der Waals surface area contributed by atoms with Gasteiger partial charge in [-0.25, -0.2) is 4.79 Å². The monoisotopic (exact) mass is 246 g/mol. The van der Waals surface area contributed by atoms with Crippen LogP contribution in [0, 0.1) is 6.92 Å². The second-order valence-corrected chi connectivity index (χ2v) is 4.28. The number of hydrogen-bond acceptors (Lipinski definition) is 1. The SMILES string of the molecule is Cc1ccc(-c2cccc(C(=O)O)c2)c(Cl)c1. The van der Waals surface area contributed by atoms with Gasteiger partial charge < -0.3 is 5.11 Å². The summed E-state index contributed by atoms with van der Waals surface area (Å²) in [6, 6.07) is 12.5. The van der Waals surface area contributed by atoms with Crippen LogP contribution in [0.3, 0.4) is 0 Å². The molecule has 0 aromatic heterocycles. The van der Waals surface area contributed by atoms with Crippen LogP contribution in [-0.4, -0.2) is 11.1 Å². The van der Waals surface area contributed by atoms with Gasteiger partial charge in [0.2, 0.25) is 0 Å². The quantitative estimate of drug-likeness (QED) is 0.869. The predicted octanol–water partition coefficient (Wildman–Crippen LogP) is 4.01. The number of aromatic carboxylic acids is 1. The van der Waals surface area contributed by atoms with E-state index in [4.69, 9.17) is 16.7 Å². The standard InChI is InChI=1S/C14H11ClO2/c1-9-5-6-12(13(15)7-9)10-3-2-4-11(8-10)14(16)17/h2-8H,1H3,(H,16,17). The number of carboxylic acids is 1. The van der Waals surface area contributed by atoms with Gasteiger partial charge in [-0.2, -0.15) is 0 Å². The van der Waals surface area contributed by atoms with Crippen molar-refractivity contribution in [3.63, 3.8) is 0 Å². The van der Waals surface area contributed by atoms with E-state index < -0.39 is 5.97 Å². The van der Waals surface area contributed by atoms with Gasteiger partial charge in [-0.15, -0.1) is 0 Å². The van der Waals surface area contributed by atoms with Gasteiger partial charge in [-0.3, -0.25) is 0 Å². The highest BCUT2D eigenvalue weighted by Gasteiger charge is 2.07. The minimum Gasteiger partial charge on any atom is -0.478 e. The van der Waals surface area contributed by atoms with Crippen molar-refractivity contribution in [2.45, 2.75) is 6.92 Å². The van der Waals surface area contributed by atoms with E-state index >= 15 is 0 Å². The number of hydrogen-bond donors (Lipinski definition) is 1. The van der Waals surface area contributed by atoms with Crippen molar-refractivity contribution < 1.29 is 9.90 Å². The first-order valence-electron chi connectivity index (χ1n) is 5.18. The van der Waals surface area contributed by atoms with Crippen molar-refractivity contribution in [2.75, 3.05) is 0 Å². The summed E-state index contributed by atoms with van der Waals surface area (Å²) < 4.78 is 0. The third-order valence-electron chi connectivity index (χ3n) is 2.55. The Balaban J connectivity index is 2.53. The van der Waals surface area contributed by atoms with Crippen LogP contribution < -0.4 is 0 Å². The topological polar surface area (TPSA) is 37.3 Å². The van der Waals surface area contributed by atoms with Gasteiger partial charge in [-0.05, 0) is 36.2 Å². The number of benzene rings is 2. The summed E-state index contributed by atoms with van der Waals surface area (Å²) in [5, 5.41) is 9.57. The summed E-state index contributed by atoms with van der Waals surface area (Å²) in [5.41, 5.74) is 3.00. The molecular weight excluding hydrogens is 236 g/mol. The largest absolute Gasteiger partial charge is 0.478 e. The summed E-state index contributed by atoms with van der Waals surface area (Å²) in [6.07, 6.45) is 0. The molecule has 0 heterocycles. The molecule has 0 amide bonds. The van der Waals surface area contributed by atoms with Crippen LogP contribution >= 0.6 is 11.6 Å². The Kier molecular flexibility index (Phi) is 3.16. The third kappa shape index (κ3) is 2.48. The average molecular weight is 247 g/mol. The first-order chi connectivity index (χ1) is 8.08. The van der Waals surface area contributed by atoms with Crippen molar-refractivity contribution in [3.05, 3.63) is 58.6 Å². The molecule has 0 aliphatic rings. The fourth-order valence-corrected chi connectivity index (χ4v) is 2.02. The number of carbonyl (C=O) groups is 1. The van der Waals surface area contributed by atoms with E-state index in [1.807, 2.05) is 31.2 Å². The zero-order valence-corrected chi connectivity index (χ0v) is 10.0. The lowest BCUT2D eigenvalue weighted by Crippen LogP contribution is -1.95. The van der Waals surface area contributed by atoms with Crippen LogP contribution in [-0.2, 0) is 0 Å². The van der Waals surface area contributed by atoms with Gasteiger partial charge in [0.05, 0.1) is 5.56 Å². The first kappa shape index (κ1) is 11.7. The molecule has 86 valence electrons. The molecule has 0 spiro atoms. The lowest BCUT2D eigenvalue weighted by Gasteiger charge is -2.06. The molecule has 0 bridgehead atoms. The molecule has 2 aromatic carbocycles. The summed E-state index contributed by atoms with van der Waals surface area (Å²) in [6.45, 7) is 1.96. The molecule has 0 atom stereocenters. The second-order valence-electron chi connectivity index (χ2n) is 3.87. The molecule has 1 N–H and O–H groups in total. The fourth-order valence-electron chi connectivity index (χ4n) is 1.67. The van der Waals surface area contributed by atoms with Gasteiger partial charge in [-0.1, -0.05) is 35.9 Å². The van der Waals surface area contributed by atoms with Crippen molar-refractivity contribution in [1.29, 1.82) is 0 Å². The first-order valence-corrected chi connectivity index (χ1v) is 5.55.